The molecule has 30 heavy (non-hydrogen) atoms. The number of ketones is 1. The molecular formula is C22H22ClN5O2. The van der Waals surface area contributed by atoms with Crippen LogP contribution in [0.3, 0.4) is 0 Å². The first-order valence-corrected chi connectivity index (χ1v) is 10.3. The molecule has 3 aromatic rings. The van der Waals surface area contributed by atoms with Gasteiger partial charge in [0.05, 0.1) is 29.5 Å². The van der Waals surface area contributed by atoms with Crippen LogP contribution in [0.25, 0.3) is 11.3 Å². The molecule has 0 aliphatic carbocycles. The van der Waals surface area contributed by atoms with Crippen LogP contribution in [0.5, 0.6) is 0 Å². The lowest BCUT2D eigenvalue weighted by Crippen LogP contribution is -2.23. The Labute approximate surface area is 179 Å². The van der Waals surface area contributed by atoms with Gasteiger partial charge in [0.1, 0.15) is 5.82 Å². The summed E-state index contributed by atoms with van der Waals surface area (Å²) in [7, 11) is 0. The largest absolute Gasteiger partial charge is 0.381 e. The number of ether oxygens (including phenoxy) is 1. The second-order valence-electron chi connectivity index (χ2n) is 7.22. The first-order chi connectivity index (χ1) is 14.7. The summed E-state index contributed by atoms with van der Waals surface area (Å²) in [5, 5.41) is 3.82. The van der Waals surface area contributed by atoms with Crippen LogP contribution in [-0.2, 0) is 11.2 Å². The van der Waals surface area contributed by atoms with E-state index in [1.165, 1.54) is 0 Å². The molecule has 4 rings (SSSR count). The third-order valence-corrected chi connectivity index (χ3v) is 5.36. The van der Waals surface area contributed by atoms with Crippen LogP contribution in [-0.4, -0.2) is 45.5 Å². The van der Waals surface area contributed by atoms with Crippen molar-refractivity contribution in [3.8, 4) is 11.3 Å². The van der Waals surface area contributed by atoms with Gasteiger partial charge in [-0.05, 0) is 37.0 Å². The highest BCUT2D eigenvalue weighted by Crippen LogP contribution is 2.27. The fourth-order valence-electron chi connectivity index (χ4n) is 3.35. The highest BCUT2D eigenvalue weighted by molar-refractivity contribution is 6.33. The van der Waals surface area contributed by atoms with E-state index in [1.807, 2.05) is 0 Å². The first-order valence-electron chi connectivity index (χ1n) is 9.91. The summed E-state index contributed by atoms with van der Waals surface area (Å²) < 4.78 is 5.40. The molecule has 0 aromatic carbocycles. The quantitative estimate of drug-likeness (QED) is 0.577. The van der Waals surface area contributed by atoms with Gasteiger partial charge < -0.3 is 10.1 Å². The van der Waals surface area contributed by atoms with Gasteiger partial charge in [0.15, 0.2) is 5.78 Å². The van der Waals surface area contributed by atoms with Crippen molar-refractivity contribution in [1.29, 1.82) is 0 Å². The minimum atomic E-state index is -0.0539. The third-order valence-electron chi connectivity index (χ3n) is 5.06. The number of anilines is 1. The van der Waals surface area contributed by atoms with Gasteiger partial charge in [-0.3, -0.25) is 19.7 Å². The summed E-state index contributed by atoms with van der Waals surface area (Å²) in [6.45, 7) is 2.45. The van der Waals surface area contributed by atoms with Gasteiger partial charge in [-0.2, -0.15) is 0 Å². The zero-order chi connectivity index (χ0) is 20.8. The Kier molecular flexibility index (Phi) is 6.61. The van der Waals surface area contributed by atoms with E-state index in [-0.39, 0.29) is 12.2 Å². The highest BCUT2D eigenvalue weighted by Gasteiger charge is 2.15. The molecule has 0 spiro atoms. The van der Waals surface area contributed by atoms with E-state index in [2.05, 4.69) is 25.3 Å². The van der Waals surface area contributed by atoms with Crippen LogP contribution in [0, 0.1) is 5.92 Å². The van der Waals surface area contributed by atoms with Crippen LogP contribution in [0.15, 0.2) is 49.2 Å². The molecule has 0 atom stereocenters. The van der Waals surface area contributed by atoms with Gasteiger partial charge in [-0.15, -0.1) is 0 Å². The molecule has 3 aromatic heterocycles. The highest BCUT2D eigenvalue weighted by atomic mass is 35.5. The van der Waals surface area contributed by atoms with Crippen molar-refractivity contribution in [1.82, 2.24) is 19.9 Å². The number of pyridine rings is 2. The standard InChI is InChI=1S/C22H22ClN5O2/c23-19-12-26-17(9-21(29)16-2-1-5-24-11-16)8-18(19)20-13-25-14-22(28-20)27-10-15-3-6-30-7-4-15/h1-2,5,8,11-15H,3-4,6-7,9-10H2,(H,27,28). The Hall–Kier alpha value is -2.90. The summed E-state index contributed by atoms with van der Waals surface area (Å²) in [4.78, 5) is 29.7. The van der Waals surface area contributed by atoms with Crippen molar-refractivity contribution >= 4 is 23.2 Å². The number of carbonyl (C=O) groups excluding carboxylic acids is 1. The monoisotopic (exact) mass is 423 g/mol. The molecule has 7 nitrogen and oxygen atoms in total. The van der Waals surface area contributed by atoms with E-state index >= 15 is 0 Å². The normalized spacial score (nSPS) is 14.4. The third kappa shape index (κ3) is 5.17. The Bertz CT molecular complexity index is 1010. The van der Waals surface area contributed by atoms with Crippen molar-refractivity contribution in [2.24, 2.45) is 5.92 Å². The maximum absolute atomic E-state index is 12.5. The smallest absolute Gasteiger partial charge is 0.170 e. The second-order valence-corrected chi connectivity index (χ2v) is 7.63. The number of nitrogens with zero attached hydrogens (tertiary/aromatic N) is 4. The first kappa shape index (κ1) is 20.4. The number of carbonyl (C=O) groups is 1. The minimum absolute atomic E-state index is 0.0539. The van der Waals surface area contributed by atoms with Gasteiger partial charge in [0.25, 0.3) is 0 Å². The fourth-order valence-corrected chi connectivity index (χ4v) is 3.55. The average Bonchev–Trinajstić information content (AvgIpc) is 2.80. The van der Waals surface area contributed by atoms with Crippen molar-refractivity contribution in [3.63, 3.8) is 0 Å². The molecule has 0 unspecified atom stereocenters. The molecular weight excluding hydrogens is 402 g/mol. The van der Waals surface area contributed by atoms with Gasteiger partial charge in [-0.1, -0.05) is 11.6 Å². The maximum atomic E-state index is 12.5. The maximum Gasteiger partial charge on any atom is 0.170 e. The second kappa shape index (κ2) is 9.73. The van der Waals surface area contributed by atoms with E-state index in [4.69, 9.17) is 16.3 Å². The average molecular weight is 424 g/mol. The molecule has 8 heteroatoms. The van der Waals surface area contributed by atoms with Crippen molar-refractivity contribution in [3.05, 3.63) is 65.5 Å². The Balaban J connectivity index is 1.49. The zero-order valence-corrected chi connectivity index (χ0v) is 17.2. The molecule has 154 valence electrons. The molecule has 1 saturated heterocycles. The van der Waals surface area contributed by atoms with Crippen molar-refractivity contribution in [2.75, 3.05) is 25.1 Å². The number of Topliss-reactive ketones (excluding diaryl/α,β-unsaturated/α-hetero) is 1. The number of hydrogen-bond donors (Lipinski definition) is 1. The minimum Gasteiger partial charge on any atom is -0.381 e. The molecule has 0 amide bonds. The van der Waals surface area contributed by atoms with Crippen LogP contribution in [0.1, 0.15) is 28.9 Å². The fraction of sp³-hybridized carbons (Fsp3) is 0.318. The van der Waals surface area contributed by atoms with E-state index in [0.29, 0.717) is 39.3 Å². The lowest BCUT2D eigenvalue weighted by Gasteiger charge is -2.22. The summed E-state index contributed by atoms with van der Waals surface area (Å²) in [6.07, 6.45) is 10.3. The lowest BCUT2D eigenvalue weighted by molar-refractivity contribution is 0.0699. The molecule has 1 aliphatic rings. The lowest BCUT2D eigenvalue weighted by atomic mass is 10.0. The predicted molar refractivity (Wildman–Crippen MR) is 115 cm³/mol. The summed E-state index contributed by atoms with van der Waals surface area (Å²) in [5.41, 5.74) is 2.50. The number of nitrogens with one attached hydrogen (secondary N) is 1. The zero-order valence-electron chi connectivity index (χ0n) is 16.4. The number of halogens is 1. The van der Waals surface area contributed by atoms with Crippen LogP contribution >= 0.6 is 11.6 Å². The van der Waals surface area contributed by atoms with Gasteiger partial charge in [0, 0.05) is 55.2 Å². The van der Waals surface area contributed by atoms with E-state index in [1.54, 1.807) is 49.2 Å². The molecule has 0 saturated carbocycles. The van der Waals surface area contributed by atoms with E-state index < -0.39 is 0 Å². The molecule has 1 fully saturated rings. The SMILES string of the molecule is O=C(Cc1cc(-c2cncc(NCC3CCOCC3)n2)c(Cl)cn1)c1cccnc1. The topological polar surface area (TPSA) is 89.9 Å². The number of aromatic nitrogens is 4. The summed E-state index contributed by atoms with van der Waals surface area (Å²) >= 11 is 6.38. The predicted octanol–water partition coefficient (Wildman–Crippen LogP) is 3.85. The Morgan fingerprint density at radius 3 is 2.83 bits per heavy atom. The van der Waals surface area contributed by atoms with E-state index in [9.17, 15) is 4.79 Å². The summed E-state index contributed by atoms with van der Waals surface area (Å²) in [5.74, 6) is 1.21. The molecule has 1 aliphatic heterocycles. The van der Waals surface area contributed by atoms with Crippen LogP contribution < -0.4 is 5.32 Å². The Morgan fingerprint density at radius 1 is 1.17 bits per heavy atom. The Morgan fingerprint density at radius 2 is 2.03 bits per heavy atom. The molecule has 0 radical (unpaired) electrons. The van der Waals surface area contributed by atoms with Crippen molar-refractivity contribution in [2.45, 2.75) is 19.3 Å². The van der Waals surface area contributed by atoms with Gasteiger partial charge in [0.2, 0.25) is 0 Å². The van der Waals surface area contributed by atoms with E-state index in [0.717, 1.165) is 32.6 Å². The van der Waals surface area contributed by atoms with Gasteiger partial charge in [-0.25, -0.2) is 4.98 Å². The van der Waals surface area contributed by atoms with Crippen LogP contribution in [0.2, 0.25) is 5.02 Å². The molecule has 0 bridgehead atoms. The molecule has 4 heterocycles. The molecule has 1 N–H and O–H groups in total. The number of rotatable bonds is 7. The van der Waals surface area contributed by atoms with Crippen LogP contribution in [0.4, 0.5) is 5.82 Å². The summed E-state index contributed by atoms with van der Waals surface area (Å²) in [6, 6.07) is 5.27. The van der Waals surface area contributed by atoms with Crippen molar-refractivity contribution < 1.29 is 9.53 Å². The number of hydrogen-bond acceptors (Lipinski definition) is 7. The van der Waals surface area contributed by atoms with Gasteiger partial charge >= 0.3 is 0 Å².